The van der Waals surface area contributed by atoms with E-state index in [1.165, 1.54) is 0 Å². The molecule has 1 saturated heterocycles. The third-order valence-electron chi connectivity index (χ3n) is 4.69. The average Bonchev–Trinajstić information content (AvgIpc) is 3.42. The van der Waals surface area contributed by atoms with Gasteiger partial charge in [0.05, 0.1) is 6.42 Å². The molecule has 0 radical (unpaired) electrons. The minimum atomic E-state index is 0.216. The van der Waals surface area contributed by atoms with Crippen LogP contribution in [0.2, 0.25) is 0 Å². The Morgan fingerprint density at radius 3 is 3.12 bits per heavy atom. The van der Waals surface area contributed by atoms with Crippen LogP contribution in [-0.4, -0.2) is 38.5 Å². The molecule has 0 aliphatic carbocycles. The van der Waals surface area contributed by atoms with E-state index in [1.54, 1.807) is 17.5 Å². The number of thiophene rings is 1. The number of hydrogen-bond acceptors (Lipinski definition) is 6. The van der Waals surface area contributed by atoms with Crippen LogP contribution in [-0.2, 0) is 17.6 Å². The molecule has 1 amide bonds. The van der Waals surface area contributed by atoms with Crippen molar-refractivity contribution in [3.8, 4) is 11.6 Å². The minimum Gasteiger partial charge on any atom is -0.339 e. The average molecular weight is 368 g/mol. The molecule has 1 aliphatic rings. The Bertz CT molecular complexity index is 848. The second kappa shape index (κ2) is 7.78. The Labute approximate surface area is 155 Å². The van der Waals surface area contributed by atoms with Gasteiger partial charge >= 0.3 is 0 Å². The number of likely N-dealkylation sites (tertiary alicyclic amines) is 1. The first-order valence-electron chi connectivity index (χ1n) is 8.84. The first-order chi connectivity index (χ1) is 12.8. The fourth-order valence-corrected chi connectivity index (χ4v) is 4.05. The van der Waals surface area contributed by atoms with E-state index < -0.39 is 0 Å². The first-order valence-corrected chi connectivity index (χ1v) is 9.78. The van der Waals surface area contributed by atoms with Crippen molar-refractivity contribution in [3.05, 3.63) is 52.6 Å². The molecule has 6 nitrogen and oxygen atoms in total. The zero-order valence-electron chi connectivity index (χ0n) is 14.4. The van der Waals surface area contributed by atoms with Crippen molar-refractivity contribution < 1.29 is 9.32 Å². The molecule has 26 heavy (non-hydrogen) atoms. The van der Waals surface area contributed by atoms with Gasteiger partial charge in [0.2, 0.25) is 5.91 Å². The predicted molar refractivity (Wildman–Crippen MR) is 98.6 cm³/mol. The summed E-state index contributed by atoms with van der Waals surface area (Å²) in [4.78, 5) is 23.3. The minimum absolute atomic E-state index is 0.216. The van der Waals surface area contributed by atoms with E-state index in [0.717, 1.165) is 31.4 Å². The number of nitrogens with zero attached hydrogens (tertiary/aromatic N) is 4. The van der Waals surface area contributed by atoms with Gasteiger partial charge in [-0.2, -0.15) is 16.3 Å². The van der Waals surface area contributed by atoms with Crippen molar-refractivity contribution in [2.75, 3.05) is 6.54 Å². The van der Waals surface area contributed by atoms with Crippen LogP contribution in [0.3, 0.4) is 0 Å². The molecule has 4 heterocycles. The number of carbonyl (C=O) groups is 1. The van der Waals surface area contributed by atoms with Gasteiger partial charge in [0.15, 0.2) is 5.82 Å². The van der Waals surface area contributed by atoms with Gasteiger partial charge in [-0.25, -0.2) is 0 Å². The monoisotopic (exact) mass is 368 g/mol. The SMILES string of the molecule is O=C(Cc1ccsc1)N1CCCC1CCc1noc(-c2ccccn2)n1. The summed E-state index contributed by atoms with van der Waals surface area (Å²) in [6.07, 6.45) is 5.85. The van der Waals surface area contributed by atoms with Gasteiger partial charge in [-0.15, -0.1) is 0 Å². The molecule has 3 aromatic rings. The van der Waals surface area contributed by atoms with Crippen molar-refractivity contribution in [3.63, 3.8) is 0 Å². The lowest BCUT2D eigenvalue weighted by Crippen LogP contribution is -2.36. The summed E-state index contributed by atoms with van der Waals surface area (Å²) < 4.78 is 5.31. The van der Waals surface area contributed by atoms with Gasteiger partial charge in [0, 0.05) is 25.2 Å². The zero-order valence-corrected chi connectivity index (χ0v) is 15.2. The molecule has 1 fully saturated rings. The first kappa shape index (κ1) is 16.9. The van der Waals surface area contributed by atoms with Gasteiger partial charge in [-0.1, -0.05) is 11.2 Å². The van der Waals surface area contributed by atoms with Crippen LogP contribution >= 0.6 is 11.3 Å². The summed E-state index contributed by atoms with van der Waals surface area (Å²) in [5.74, 6) is 1.33. The quantitative estimate of drug-likeness (QED) is 0.667. The number of aryl methyl sites for hydroxylation is 1. The third-order valence-corrected chi connectivity index (χ3v) is 5.42. The van der Waals surface area contributed by atoms with Crippen LogP contribution in [0.15, 0.2) is 45.7 Å². The highest BCUT2D eigenvalue weighted by molar-refractivity contribution is 7.08. The van der Waals surface area contributed by atoms with Gasteiger partial charge in [-0.05, 0) is 53.8 Å². The van der Waals surface area contributed by atoms with E-state index in [9.17, 15) is 4.79 Å². The molecule has 1 atom stereocenters. The lowest BCUT2D eigenvalue weighted by atomic mass is 10.1. The maximum atomic E-state index is 12.6. The normalized spacial score (nSPS) is 16.9. The van der Waals surface area contributed by atoms with E-state index in [2.05, 4.69) is 15.1 Å². The highest BCUT2D eigenvalue weighted by Crippen LogP contribution is 2.23. The van der Waals surface area contributed by atoms with Crippen LogP contribution in [0, 0.1) is 0 Å². The number of amides is 1. The number of hydrogen-bond donors (Lipinski definition) is 0. The zero-order chi connectivity index (χ0) is 17.8. The molecule has 0 spiro atoms. The van der Waals surface area contributed by atoms with Crippen LogP contribution in [0.25, 0.3) is 11.6 Å². The molecule has 0 saturated carbocycles. The summed E-state index contributed by atoms with van der Waals surface area (Å²) >= 11 is 1.63. The second-order valence-electron chi connectivity index (χ2n) is 6.46. The Kier molecular flexibility index (Phi) is 5.06. The van der Waals surface area contributed by atoms with Crippen molar-refractivity contribution in [2.24, 2.45) is 0 Å². The van der Waals surface area contributed by atoms with Crippen LogP contribution in [0.5, 0.6) is 0 Å². The Morgan fingerprint density at radius 1 is 1.35 bits per heavy atom. The lowest BCUT2D eigenvalue weighted by molar-refractivity contribution is -0.131. The molecular formula is C19H20N4O2S. The summed E-state index contributed by atoms with van der Waals surface area (Å²) in [5, 5.41) is 8.11. The molecule has 0 N–H and O–H groups in total. The number of pyridine rings is 1. The molecule has 1 aliphatic heterocycles. The van der Waals surface area contributed by atoms with E-state index in [-0.39, 0.29) is 11.9 Å². The topological polar surface area (TPSA) is 72.1 Å². The molecule has 4 rings (SSSR count). The second-order valence-corrected chi connectivity index (χ2v) is 7.24. The third kappa shape index (κ3) is 3.83. The van der Waals surface area contributed by atoms with E-state index in [0.29, 0.717) is 30.3 Å². The molecule has 0 aromatic carbocycles. The van der Waals surface area contributed by atoms with Crippen LogP contribution in [0.4, 0.5) is 0 Å². The summed E-state index contributed by atoms with van der Waals surface area (Å²) in [7, 11) is 0. The van der Waals surface area contributed by atoms with Crippen molar-refractivity contribution in [1.29, 1.82) is 0 Å². The Hall–Kier alpha value is -2.54. The lowest BCUT2D eigenvalue weighted by Gasteiger charge is -2.24. The van der Waals surface area contributed by atoms with Crippen LogP contribution in [0.1, 0.15) is 30.7 Å². The standard InChI is InChI=1S/C19H20N4O2S/c24-18(12-14-8-11-26-13-14)23-10-3-4-15(23)6-7-17-21-19(25-22-17)16-5-1-2-9-20-16/h1-2,5,8-9,11,13,15H,3-4,6-7,10,12H2. The number of aromatic nitrogens is 3. The van der Waals surface area contributed by atoms with E-state index in [4.69, 9.17) is 4.52 Å². The maximum Gasteiger partial charge on any atom is 0.276 e. The summed E-state index contributed by atoms with van der Waals surface area (Å²) in [6.45, 7) is 0.846. The molecule has 3 aromatic heterocycles. The van der Waals surface area contributed by atoms with Crippen molar-refractivity contribution in [1.82, 2.24) is 20.0 Å². The van der Waals surface area contributed by atoms with E-state index in [1.807, 2.05) is 39.9 Å². The van der Waals surface area contributed by atoms with Gasteiger partial charge in [0.25, 0.3) is 5.89 Å². The summed E-state index contributed by atoms with van der Waals surface area (Å²) in [6, 6.07) is 7.87. The molecule has 1 unspecified atom stereocenters. The summed E-state index contributed by atoms with van der Waals surface area (Å²) in [5.41, 5.74) is 1.78. The van der Waals surface area contributed by atoms with Gasteiger partial charge < -0.3 is 9.42 Å². The molecule has 7 heteroatoms. The molecule has 0 bridgehead atoms. The Morgan fingerprint density at radius 2 is 2.31 bits per heavy atom. The largest absolute Gasteiger partial charge is 0.339 e. The van der Waals surface area contributed by atoms with Gasteiger partial charge in [-0.3, -0.25) is 9.78 Å². The smallest absolute Gasteiger partial charge is 0.276 e. The fourth-order valence-electron chi connectivity index (χ4n) is 3.38. The predicted octanol–water partition coefficient (Wildman–Crippen LogP) is 3.36. The highest BCUT2D eigenvalue weighted by Gasteiger charge is 2.28. The number of rotatable bonds is 6. The van der Waals surface area contributed by atoms with Crippen molar-refractivity contribution >= 4 is 17.2 Å². The Balaban J connectivity index is 1.35. The highest BCUT2D eigenvalue weighted by atomic mass is 32.1. The van der Waals surface area contributed by atoms with Gasteiger partial charge in [0.1, 0.15) is 5.69 Å². The van der Waals surface area contributed by atoms with Crippen LogP contribution < -0.4 is 0 Å². The number of carbonyl (C=O) groups excluding carboxylic acids is 1. The fraction of sp³-hybridized carbons (Fsp3) is 0.368. The van der Waals surface area contributed by atoms with E-state index >= 15 is 0 Å². The molecule has 134 valence electrons. The molecular weight excluding hydrogens is 348 g/mol. The maximum absolute atomic E-state index is 12.6. The van der Waals surface area contributed by atoms with Crippen molar-refractivity contribution in [2.45, 2.75) is 38.1 Å².